The van der Waals surface area contributed by atoms with Crippen molar-refractivity contribution >= 4 is 23.5 Å². The Morgan fingerprint density at radius 2 is 2.05 bits per heavy atom. The third-order valence-corrected chi connectivity index (χ3v) is 4.28. The number of amides is 2. The largest absolute Gasteiger partial charge is 0.388 e. The first-order valence-corrected chi connectivity index (χ1v) is 8.36. The lowest BCUT2D eigenvalue weighted by molar-refractivity contribution is -0.0287. The van der Waals surface area contributed by atoms with Crippen LogP contribution < -0.4 is 10.6 Å². The average Bonchev–Trinajstić information content (AvgIpc) is 2.42. The van der Waals surface area contributed by atoms with Crippen molar-refractivity contribution in [1.29, 1.82) is 0 Å². The van der Waals surface area contributed by atoms with E-state index in [1.54, 1.807) is 0 Å². The van der Waals surface area contributed by atoms with Crippen molar-refractivity contribution < 1.29 is 9.90 Å². The van der Waals surface area contributed by atoms with Crippen LogP contribution in [0.25, 0.3) is 0 Å². The minimum Gasteiger partial charge on any atom is -0.388 e. The zero-order chi connectivity index (χ0) is 14.4. The zero-order valence-corrected chi connectivity index (χ0v) is 12.6. The molecule has 0 aromatic heterocycles. The van der Waals surface area contributed by atoms with E-state index in [2.05, 4.69) is 16.9 Å². The van der Waals surface area contributed by atoms with Crippen LogP contribution in [-0.4, -0.2) is 35.3 Å². The van der Waals surface area contributed by atoms with E-state index in [0.29, 0.717) is 6.54 Å². The van der Waals surface area contributed by atoms with Gasteiger partial charge in [0.25, 0.3) is 0 Å². The van der Waals surface area contributed by atoms with Crippen LogP contribution in [0.3, 0.4) is 0 Å². The number of anilines is 1. The normalized spacial score (nSPS) is 16.3. The molecule has 0 aliphatic heterocycles. The van der Waals surface area contributed by atoms with Gasteiger partial charge in [-0.15, -0.1) is 0 Å². The van der Waals surface area contributed by atoms with Gasteiger partial charge in [-0.25, -0.2) is 4.79 Å². The van der Waals surface area contributed by atoms with Crippen molar-refractivity contribution in [2.24, 2.45) is 0 Å². The van der Waals surface area contributed by atoms with E-state index in [1.807, 2.05) is 36.0 Å². The molecule has 0 saturated heterocycles. The monoisotopic (exact) mass is 294 g/mol. The maximum Gasteiger partial charge on any atom is 0.319 e. The Labute approximate surface area is 124 Å². The number of urea groups is 1. The predicted molar refractivity (Wildman–Crippen MR) is 84.4 cm³/mol. The molecule has 0 atom stereocenters. The molecule has 4 nitrogen and oxygen atoms in total. The predicted octanol–water partition coefficient (Wildman–Crippen LogP) is 2.63. The third-order valence-electron chi connectivity index (χ3n) is 3.67. The number of carbonyl (C=O) groups excluding carboxylic acids is 1. The first kappa shape index (κ1) is 15.2. The Kier molecular flexibility index (Phi) is 5.31. The van der Waals surface area contributed by atoms with Crippen LogP contribution in [0, 0.1) is 0 Å². The lowest BCUT2D eigenvalue weighted by atomic mass is 9.80. The van der Waals surface area contributed by atoms with E-state index in [4.69, 9.17) is 0 Å². The third kappa shape index (κ3) is 4.42. The molecule has 1 aliphatic carbocycles. The molecule has 1 aliphatic rings. The minimum atomic E-state index is -0.682. The van der Waals surface area contributed by atoms with Gasteiger partial charge in [0.15, 0.2) is 0 Å². The standard InChI is InChI=1S/C15H22N2O2S/c1-20-10-7-12-3-5-13(6-4-12)17-14(18)16-11-15(19)8-2-9-15/h3-6,19H,2,7-11H2,1H3,(H2,16,17,18). The van der Waals surface area contributed by atoms with Gasteiger partial charge in [-0.2, -0.15) is 11.8 Å². The van der Waals surface area contributed by atoms with E-state index in [0.717, 1.165) is 37.1 Å². The molecule has 20 heavy (non-hydrogen) atoms. The molecule has 1 saturated carbocycles. The van der Waals surface area contributed by atoms with E-state index < -0.39 is 5.60 Å². The second kappa shape index (κ2) is 6.99. The molecule has 0 spiro atoms. The van der Waals surface area contributed by atoms with Crippen LogP contribution in [0.4, 0.5) is 10.5 Å². The molecular formula is C15H22N2O2S. The molecule has 2 rings (SSSR count). The highest BCUT2D eigenvalue weighted by molar-refractivity contribution is 7.98. The Morgan fingerprint density at radius 3 is 2.60 bits per heavy atom. The molecule has 0 radical (unpaired) electrons. The summed E-state index contributed by atoms with van der Waals surface area (Å²) in [6.07, 6.45) is 5.73. The molecule has 0 bridgehead atoms. The van der Waals surface area contributed by atoms with Gasteiger partial charge in [-0.05, 0) is 55.4 Å². The number of rotatable bonds is 6. The summed E-state index contributed by atoms with van der Waals surface area (Å²) in [4.78, 5) is 11.7. The summed E-state index contributed by atoms with van der Waals surface area (Å²) in [7, 11) is 0. The van der Waals surface area contributed by atoms with Gasteiger partial charge in [-0.3, -0.25) is 0 Å². The van der Waals surface area contributed by atoms with E-state index in [1.165, 1.54) is 5.56 Å². The Hall–Kier alpha value is -1.20. The molecule has 0 heterocycles. The van der Waals surface area contributed by atoms with Crippen LogP contribution in [0.15, 0.2) is 24.3 Å². The summed E-state index contributed by atoms with van der Waals surface area (Å²) in [5.74, 6) is 1.10. The fourth-order valence-electron chi connectivity index (χ4n) is 2.16. The minimum absolute atomic E-state index is 0.262. The van der Waals surface area contributed by atoms with Crippen molar-refractivity contribution in [2.75, 3.05) is 23.9 Å². The highest BCUT2D eigenvalue weighted by Gasteiger charge is 2.34. The Bertz CT molecular complexity index is 444. The fourth-order valence-corrected chi connectivity index (χ4v) is 2.60. The number of aliphatic hydroxyl groups is 1. The van der Waals surface area contributed by atoms with Gasteiger partial charge >= 0.3 is 6.03 Å². The highest BCUT2D eigenvalue weighted by Crippen LogP contribution is 2.30. The van der Waals surface area contributed by atoms with E-state index in [-0.39, 0.29) is 6.03 Å². The molecule has 5 heteroatoms. The highest BCUT2D eigenvalue weighted by atomic mass is 32.2. The molecular weight excluding hydrogens is 272 g/mol. The first-order valence-electron chi connectivity index (χ1n) is 6.96. The topological polar surface area (TPSA) is 61.4 Å². The van der Waals surface area contributed by atoms with Gasteiger partial charge in [-0.1, -0.05) is 12.1 Å². The van der Waals surface area contributed by atoms with Crippen LogP contribution in [-0.2, 0) is 6.42 Å². The average molecular weight is 294 g/mol. The lowest BCUT2D eigenvalue weighted by Crippen LogP contribution is -2.48. The lowest BCUT2D eigenvalue weighted by Gasteiger charge is -2.36. The van der Waals surface area contributed by atoms with Gasteiger partial charge < -0.3 is 15.7 Å². The van der Waals surface area contributed by atoms with E-state index in [9.17, 15) is 9.90 Å². The van der Waals surface area contributed by atoms with Gasteiger partial charge in [0, 0.05) is 12.2 Å². The summed E-state index contributed by atoms with van der Waals surface area (Å²) < 4.78 is 0. The summed E-state index contributed by atoms with van der Waals surface area (Å²) >= 11 is 1.82. The molecule has 1 fully saturated rings. The number of hydrogen-bond donors (Lipinski definition) is 3. The molecule has 1 aromatic rings. The summed E-state index contributed by atoms with van der Waals surface area (Å²) in [6.45, 7) is 0.324. The van der Waals surface area contributed by atoms with Crippen molar-refractivity contribution in [2.45, 2.75) is 31.3 Å². The van der Waals surface area contributed by atoms with Crippen LogP contribution >= 0.6 is 11.8 Å². The van der Waals surface area contributed by atoms with Gasteiger partial charge in [0.1, 0.15) is 0 Å². The fraction of sp³-hybridized carbons (Fsp3) is 0.533. The molecule has 110 valence electrons. The summed E-state index contributed by atoms with van der Waals surface area (Å²) in [5.41, 5.74) is 1.36. The SMILES string of the molecule is CSCCc1ccc(NC(=O)NCC2(O)CCC2)cc1. The van der Waals surface area contributed by atoms with Crippen LogP contribution in [0.2, 0.25) is 0 Å². The quantitative estimate of drug-likeness (QED) is 0.756. The molecule has 3 N–H and O–H groups in total. The second-order valence-electron chi connectivity index (χ2n) is 5.33. The number of hydrogen-bond acceptors (Lipinski definition) is 3. The van der Waals surface area contributed by atoms with Crippen molar-refractivity contribution in [3.63, 3.8) is 0 Å². The van der Waals surface area contributed by atoms with Crippen molar-refractivity contribution in [3.05, 3.63) is 29.8 Å². The summed E-state index contributed by atoms with van der Waals surface area (Å²) in [6, 6.07) is 7.62. The number of aryl methyl sites for hydroxylation is 1. The van der Waals surface area contributed by atoms with E-state index >= 15 is 0 Å². The molecule has 0 unspecified atom stereocenters. The zero-order valence-electron chi connectivity index (χ0n) is 11.8. The number of nitrogens with one attached hydrogen (secondary N) is 2. The van der Waals surface area contributed by atoms with Crippen LogP contribution in [0.5, 0.6) is 0 Å². The summed E-state index contributed by atoms with van der Waals surface area (Å²) in [5, 5.41) is 15.4. The van der Waals surface area contributed by atoms with Crippen LogP contribution in [0.1, 0.15) is 24.8 Å². The maximum absolute atomic E-state index is 11.7. The number of carbonyl (C=O) groups is 1. The Balaban J connectivity index is 1.75. The first-order chi connectivity index (χ1) is 9.61. The van der Waals surface area contributed by atoms with Gasteiger partial charge in [0.2, 0.25) is 0 Å². The van der Waals surface area contributed by atoms with Crippen molar-refractivity contribution in [1.82, 2.24) is 5.32 Å². The second-order valence-corrected chi connectivity index (χ2v) is 6.31. The molecule has 1 aromatic carbocycles. The van der Waals surface area contributed by atoms with Crippen molar-refractivity contribution in [3.8, 4) is 0 Å². The molecule has 2 amide bonds. The Morgan fingerprint density at radius 1 is 1.35 bits per heavy atom. The maximum atomic E-state index is 11.7. The van der Waals surface area contributed by atoms with Gasteiger partial charge in [0.05, 0.1) is 5.60 Å². The number of thioether (sulfide) groups is 1. The smallest absolute Gasteiger partial charge is 0.319 e. The number of benzene rings is 1.